The van der Waals surface area contributed by atoms with Gasteiger partial charge >= 0.3 is 0 Å². The first-order chi connectivity index (χ1) is 8.25. The van der Waals surface area contributed by atoms with E-state index in [9.17, 15) is 0 Å². The number of rotatable bonds is 5. The highest BCUT2D eigenvalue weighted by molar-refractivity contribution is 6.30. The molecule has 94 valence electrons. The fourth-order valence-corrected chi connectivity index (χ4v) is 2.27. The molecule has 1 aliphatic rings. The second kappa shape index (κ2) is 6.12. The summed E-state index contributed by atoms with van der Waals surface area (Å²) < 4.78 is 5.64. The average Bonchev–Trinajstić information content (AvgIpc) is 2.82. The SMILES string of the molecule is Nc1ccc(Cl)cc1OCCCN1CCCC1. The van der Waals surface area contributed by atoms with E-state index in [-0.39, 0.29) is 0 Å². The van der Waals surface area contributed by atoms with Gasteiger partial charge < -0.3 is 15.4 Å². The van der Waals surface area contributed by atoms with E-state index < -0.39 is 0 Å². The summed E-state index contributed by atoms with van der Waals surface area (Å²) in [6.07, 6.45) is 3.70. The van der Waals surface area contributed by atoms with Crippen LogP contribution in [0.4, 0.5) is 5.69 Å². The Bertz CT molecular complexity index is 364. The van der Waals surface area contributed by atoms with E-state index >= 15 is 0 Å². The Morgan fingerprint density at radius 1 is 1.29 bits per heavy atom. The van der Waals surface area contributed by atoms with Crippen molar-refractivity contribution in [3.63, 3.8) is 0 Å². The van der Waals surface area contributed by atoms with E-state index in [4.69, 9.17) is 22.1 Å². The van der Waals surface area contributed by atoms with Gasteiger partial charge in [0.1, 0.15) is 5.75 Å². The Balaban J connectivity index is 1.72. The first-order valence-corrected chi connectivity index (χ1v) is 6.54. The van der Waals surface area contributed by atoms with Crippen molar-refractivity contribution >= 4 is 17.3 Å². The van der Waals surface area contributed by atoms with Gasteiger partial charge in [-0.2, -0.15) is 0 Å². The predicted molar refractivity (Wildman–Crippen MR) is 71.7 cm³/mol. The molecule has 1 aliphatic heterocycles. The van der Waals surface area contributed by atoms with Crippen molar-refractivity contribution in [1.29, 1.82) is 0 Å². The Hall–Kier alpha value is -0.930. The molecule has 3 nitrogen and oxygen atoms in total. The van der Waals surface area contributed by atoms with E-state index in [0.717, 1.165) is 13.0 Å². The molecule has 1 aromatic rings. The second-order valence-corrected chi connectivity index (χ2v) is 4.87. The number of benzene rings is 1. The Kier molecular flexibility index (Phi) is 4.51. The van der Waals surface area contributed by atoms with E-state index in [1.54, 1.807) is 18.2 Å². The summed E-state index contributed by atoms with van der Waals surface area (Å²) in [7, 11) is 0. The van der Waals surface area contributed by atoms with Crippen molar-refractivity contribution in [1.82, 2.24) is 4.90 Å². The normalized spacial score (nSPS) is 16.3. The standard InChI is InChI=1S/C13H19ClN2O/c14-11-4-5-12(15)13(10-11)17-9-3-8-16-6-1-2-7-16/h4-5,10H,1-3,6-9,15H2. The topological polar surface area (TPSA) is 38.5 Å². The number of anilines is 1. The van der Waals surface area contributed by atoms with Crippen molar-refractivity contribution in [3.8, 4) is 5.75 Å². The lowest BCUT2D eigenvalue weighted by Gasteiger charge is -2.15. The molecule has 0 aromatic heterocycles. The molecule has 2 rings (SSSR count). The Morgan fingerprint density at radius 3 is 2.82 bits per heavy atom. The minimum atomic E-state index is 0.649. The van der Waals surface area contributed by atoms with Crippen molar-refractivity contribution < 1.29 is 4.74 Å². The van der Waals surface area contributed by atoms with Gasteiger partial charge in [-0.25, -0.2) is 0 Å². The molecule has 0 saturated carbocycles. The summed E-state index contributed by atoms with van der Waals surface area (Å²) in [4.78, 5) is 2.48. The van der Waals surface area contributed by atoms with Crippen LogP contribution in [-0.4, -0.2) is 31.1 Å². The highest BCUT2D eigenvalue weighted by Gasteiger charge is 2.10. The lowest BCUT2D eigenvalue weighted by molar-refractivity contribution is 0.264. The maximum Gasteiger partial charge on any atom is 0.143 e. The summed E-state index contributed by atoms with van der Waals surface area (Å²) >= 11 is 5.89. The van der Waals surface area contributed by atoms with Crippen molar-refractivity contribution in [3.05, 3.63) is 23.2 Å². The van der Waals surface area contributed by atoms with Gasteiger partial charge in [0.05, 0.1) is 12.3 Å². The maximum atomic E-state index is 5.89. The van der Waals surface area contributed by atoms with Crippen LogP contribution in [-0.2, 0) is 0 Å². The average molecular weight is 255 g/mol. The van der Waals surface area contributed by atoms with Gasteiger partial charge in [0.2, 0.25) is 0 Å². The van der Waals surface area contributed by atoms with Crippen LogP contribution < -0.4 is 10.5 Å². The summed E-state index contributed by atoms with van der Waals surface area (Å²) in [6, 6.07) is 5.32. The molecule has 4 heteroatoms. The fourth-order valence-electron chi connectivity index (χ4n) is 2.11. The third-order valence-corrected chi connectivity index (χ3v) is 3.29. The number of ether oxygens (including phenoxy) is 1. The lowest BCUT2D eigenvalue weighted by Crippen LogP contribution is -2.22. The number of halogens is 1. The molecule has 1 heterocycles. The van der Waals surface area contributed by atoms with Crippen LogP contribution in [0.15, 0.2) is 18.2 Å². The van der Waals surface area contributed by atoms with Crippen LogP contribution in [0.5, 0.6) is 5.75 Å². The van der Waals surface area contributed by atoms with Crippen molar-refractivity contribution in [2.45, 2.75) is 19.3 Å². The first kappa shape index (κ1) is 12.5. The maximum absolute atomic E-state index is 5.89. The van der Waals surface area contributed by atoms with Crippen LogP contribution in [0.1, 0.15) is 19.3 Å². The minimum absolute atomic E-state index is 0.649. The van der Waals surface area contributed by atoms with Gasteiger partial charge in [-0.05, 0) is 44.5 Å². The summed E-state index contributed by atoms with van der Waals surface area (Å²) in [5, 5.41) is 0.661. The molecule has 0 aliphatic carbocycles. The van der Waals surface area contributed by atoms with Crippen LogP contribution in [0.3, 0.4) is 0 Å². The molecule has 0 bridgehead atoms. The third kappa shape index (κ3) is 3.79. The van der Waals surface area contributed by atoms with Gasteiger partial charge in [-0.1, -0.05) is 11.6 Å². The summed E-state index contributed by atoms with van der Waals surface area (Å²) in [5.41, 5.74) is 6.45. The van der Waals surface area contributed by atoms with Crippen molar-refractivity contribution in [2.75, 3.05) is 32.0 Å². The van der Waals surface area contributed by atoms with Crippen LogP contribution in [0.2, 0.25) is 5.02 Å². The van der Waals surface area contributed by atoms with Crippen LogP contribution in [0, 0.1) is 0 Å². The van der Waals surface area contributed by atoms with E-state index in [1.165, 1.54) is 25.9 Å². The predicted octanol–water partition coefficient (Wildman–Crippen LogP) is 2.79. The molecule has 1 fully saturated rings. The quantitative estimate of drug-likeness (QED) is 0.649. The van der Waals surface area contributed by atoms with Gasteiger partial charge in [0, 0.05) is 17.6 Å². The Morgan fingerprint density at radius 2 is 2.06 bits per heavy atom. The highest BCUT2D eigenvalue weighted by Crippen LogP contribution is 2.25. The van der Waals surface area contributed by atoms with Crippen LogP contribution in [0.25, 0.3) is 0 Å². The summed E-state index contributed by atoms with van der Waals surface area (Å²) in [5.74, 6) is 0.693. The first-order valence-electron chi connectivity index (χ1n) is 6.16. The third-order valence-electron chi connectivity index (χ3n) is 3.05. The molecule has 0 unspecified atom stereocenters. The lowest BCUT2D eigenvalue weighted by atomic mass is 10.3. The fraction of sp³-hybridized carbons (Fsp3) is 0.538. The molecule has 2 N–H and O–H groups in total. The number of nitrogens with two attached hydrogens (primary N) is 1. The van der Waals surface area contributed by atoms with Gasteiger partial charge in [-0.3, -0.25) is 0 Å². The van der Waals surface area contributed by atoms with Crippen molar-refractivity contribution in [2.24, 2.45) is 0 Å². The number of hydrogen-bond donors (Lipinski definition) is 1. The van der Waals surface area contributed by atoms with E-state index in [2.05, 4.69) is 4.90 Å². The summed E-state index contributed by atoms with van der Waals surface area (Å²) in [6.45, 7) is 4.28. The number of hydrogen-bond acceptors (Lipinski definition) is 3. The van der Waals surface area contributed by atoms with E-state index in [1.807, 2.05) is 0 Å². The smallest absolute Gasteiger partial charge is 0.143 e. The number of nitrogens with zero attached hydrogens (tertiary/aromatic N) is 1. The molecule has 0 spiro atoms. The zero-order valence-corrected chi connectivity index (χ0v) is 10.7. The Labute approximate surface area is 107 Å². The zero-order valence-electron chi connectivity index (χ0n) is 9.99. The van der Waals surface area contributed by atoms with E-state index in [0.29, 0.717) is 23.1 Å². The van der Waals surface area contributed by atoms with Gasteiger partial charge in [-0.15, -0.1) is 0 Å². The zero-order chi connectivity index (χ0) is 12.1. The molecule has 0 radical (unpaired) electrons. The molecule has 17 heavy (non-hydrogen) atoms. The molecule has 0 amide bonds. The van der Waals surface area contributed by atoms with Gasteiger partial charge in [0.15, 0.2) is 0 Å². The molecular weight excluding hydrogens is 236 g/mol. The monoisotopic (exact) mass is 254 g/mol. The minimum Gasteiger partial charge on any atom is -0.491 e. The second-order valence-electron chi connectivity index (χ2n) is 4.43. The number of likely N-dealkylation sites (tertiary alicyclic amines) is 1. The van der Waals surface area contributed by atoms with Gasteiger partial charge in [0.25, 0.3) is 0 Å². The van der Waals surface area contributed by atoms with Crippen LogP contribution >= 0.6 is 11.6 Å². The molecular formula is C13H19ClN2O. The molecule has 1 aromatic carbocycles. The number of nitrogen functional groups attached to an aromatic ring is 1. The highest BCUT2D eigenvalue weighted by atomic mass is 35.5. The molecule has 1 saturated heterocycles. The largest absolute Gasteiger partial charge is 0.491 e. The molecule has 0 atom stereocenters.